The molecule has 3 heteroatoms. The minimum Gasteiger partial charge on any atom is -0.391 e. The van der Waals surface area contributed by atoms with Crippen LogP contribution in [0.4, 0.5) is 0 Å². The van der Waals surface area contributed by atoms with E-state index in [1.54, 1.807) is 0 Å². The Morgan fingerprint density at radius 1 is 1.14 bits per heavy atom. The lowest BCUT2D eigenvalue weighted by Crippen LogP contribution is -2.42. The van der Waals surface area contributed by atoms with E-state index >= 15 is 0 Å². The molecule has 0 spiro atoms. The zero-order valence-corrected chi connectivity index (χ0v) is 18.2. The average molecular weight is 384 g/mol. The van der Waals surface area contributed by atoms with Gasteiger partial charge in [0.25, 0.3) is 0 Å². The summed E-state index contributed by atoms with van der Waals surface area (Å²) in [5.74, 6) is 0. The van der Waals surface area contributed by atoms with E-state index in [1.165, 1.54) is 55.2 Å². The predicted molar refractivity (Wildman–Crippen MR) is 123 cm³/mol. The normalized spacial score (nSPS) is 15.1. The standard InChI is InChI=1S/C25H41N3/c1-5-6-13-25(21(2)27-4)28-18-16-23-15-14-22(19-24(23)20-28)12-10-8-7-9-11-17-26-3/h5,14-15,19,25-27H,1-2,6-13,16-18,20H2,3-4H3. The zero-order valence-electron chi connectivity index (χ0n) is 18.2. The van der Waals surface area contributed by atoms with Gasteiger partial charge in [0, 0.05) is 31.9 Å². The molecular weight excluding hydrogens is 342 g/mol. The molecule has 156 valence electrons. The molecule has 1 aliphatic heterocycles. The third-order valence-electron chi connectivity index (χ3n) is 6.01. The quantitative estimate of drug-likeness (QED) is 0.356. The largest absolute Gasteiger partial charge is 0.391 e. The minimum absolute atomic E-state index is 0.386. The summed E-state index contributed by atoms with van der Waals surface area (Å²) >= 11 is 0. The molecule has 1 aromatic carbocycles. The van der Waals surface area contributed by atoms with Crippen molar-refractivity contribution in [3.63, 3.8) is 0 Å². The molecule has 0 bridgehead atoms. The third kappa shape index (κ3) is 7.10. The van der Waals surface area contributed by atoms with E-state index < -0.39 is 0 Å². The van der Waals surface area contributed by atoms with E-state index in [0.717, 1.165) is 44.6 Å². The fourth-order valence-electron chi connectivity index (χ4n) is 4.23. The van der Waals surface area contributed by atoms with Gasteiger partial charge in [-0.2, -0.15) is 0 Å². The van der Waals surface area contributed by atoms with E-state index in [1.807, 2.05) is 20.2 Å². The summed E-state index contributed by atoms with van der Waals surface area (Å²) in [5, 5.41) is 6.51. The van der Waals surface area contributed by atoms with Crippen molar-refractivity contribution in [3.05, 3.63) is 59.8 Å². The molecule has 2 N–H and O–H groups in total. The van der Waals surface area contributed by atoms with Crippen LogP contribution in [-0.4, -0.2) is 38.1 Å². The number of nitrogens with zero attached hydrogens (tertiary/aromatic N) is 1. The Hall–Kier alpha value is -1.58. The summed E-state index contributed by atoms with van der Waals surface area (Å²) in [4.78, 5) is 2.59. The number of hydrogen-bond donors (Lipinski definition) is 2. The van der Waals surface area contributed by atoms with Crippen LogP contribution in [0.1, 0.15) is 61.6 Å². The maximum Gasteiger partial charge on any atom is 0.0495 e. The fourth-order valence-corrected chi connectivity index (χ4v) is 4.23. The first-order chi connectivity index (χ1) is 13.7. The SMILES string of the molecule is C=CCCC(C(=C)NC)N1CCc2ccc(CCCCCCCNC)cc2C1. The van der Waals surface area contributed by atoms with Crippen molar-refractivity contribution in [2.75, 3.05) is 27.2 Å². The number of aryl methyl sites for hydroxylation is 1. The second kappa shape index (κ2) is 12.8. The van der Waals surface area contributed by atoms with E-state index in [9.17, 15) is 0 Å². The first-order valence-corrected chi connectivity index (χ1v) is 11.2. The molecule has 0 aliphatic carbocycles. The molecule has 1 atom stereocenters. The highest BCUT2D eigenvalue weighted by atomic mass is 15.2. The number of benzene rings is 1. The van der Waals surface area contributed by atoms with Crippen LogP contribution in [0.3, 0.4) is 0 Å². The van der Waals surface area contributed by atoms with Gasteiger partial charge in [0.1, 0.15) is 0 Å². The van der Waals surface area contributed by atoms with E-state index in [2.05, 4.69) is 46.9 Å². The summed E-state index contributed by atoms with van der Waals surface area (Å²) < 4.78 is 0. The second-order valence-corrected chi connectivity index (χ2v) is 8.10. The van der Waals surface area contributed by atoms with Crippen LogP contribution in [0.5, 0.6) is 0 Å². The molecule has 2 rings (SSSR count). The van der Waals surface area contributed by atoms with Gasteiger partial charge in [-0.15, -0.1) is 6.58 Å². The van der Waals surface area contributed by atoms with Crippen molar-refractivity contribution in [1.29, 1.82) is 0 Å². The Bertz CT molecular complexity index is 608. The van der Waals surface area contributed by atoms with Crippen molar-refractivity contribution < 1.29 is 0 Å². The van der Waals surface area contributed by atoms with E-state index in [0.29, 0.717) is 6.04 Å². The van der Waals surface area contributed by atoms with Crippen molar-refractivity contribution in [2.24, 2.45) is 0 Å². The Labute approximate surface area is 173 Å². The van der Waals surface area contributed by atoms with Crippen LogP contribution in [-0.2, 0) is 19.4 Å². The topological polar surface area (TPSA) is 27.3 Å². The molecule has 0 fully saturated rings. The Balaban J connectivity index is 1.89. The number of rotatable bonds is 14. The molecule has 0 radical (unpaired) electrons. The highest BCUT2D eigenvalue weighted by Crippen LogP contribution is 2.26. The monoisotopic (exact) mass is 383 g/mol. The van der Waals surface area contributed by atoms with Crippen LogP contribution in [0, 0.1) is 0 Å². The maximum absolute atomic E-state index is 4.26. The van der Waals surface area contributed by atoms with Gasteiger partial charge in [-0.05, 0) is 68.8 Å². The smallest absolute Gasteiger partial charge is 0.0495 e. The zero-order chi connectivity index (χ0) is 20.2. The number of fused-ring (bicyclic) bond motifs is 1. The van der Waals surface area contributed by atoms with E-state index in [-0.39, 0.29) is 0 Å². The first kappa shape index (κ1) is 22.7. The van der Waals surface area contributed by atoms with Crippen molar-refractivity contribution in [1.82, 2.24) is 15.5 Å². The van der Waals surface area contributed by atoms with Crippen LogP contribution < -0.4 is 10.6 Å². The van der Waals surface area contributed by atoms with Gasteiger partial charge >= 0.3 is 0 Å². The number of nitrogens with one attached hydrogen (secondary N) is 2. The number of allylic oxidation sites excluding steroid dienone is 1. The van der Waals surface area contributed by atoms with E-state index in [4.69, 9.17) is 0 Å². The lowest BCUT2D eigenvalue weighted by molar-refractivity contribution is 0.190. The summed E-state index contributed by atoms with van der Waals surface area (Å²) in [6.45, 7) is 11.5. The Morgan fingerprint density at radius 2 is 1.93 bits per heavy atom. The highest BCUT2D eigenvalue weighted by molar-refractivity contribution is 5.34. The lowest BCUT2D eigenvalue weighted by atomic mass is 9.93. The van der Waals surface area contributed by atoms with Crippen molar-refractivity contribution >= 4 is 0 Å². The maximum atomic E-state index is 4.26. The molecule has 1 unspecified atom stereocenters. The van der Waals surface area contributed by atoms with Gasteiger partial charge in [-0.3, -0.25) is 4.90 Å². The number of likely N-dealkylation sites (N-methyl/N-ethyl adjacent to an activating group) is 1. The van der Waals surface area contributed by atoms with Crippen LogP contribution in [0.25, 0.3) is 0 Å². The molecule has 1 aromatic rings. The second-order valence-electron chi connectivity index (χ2n) is 8.10. The number of hydrogen-bond acceptors (Lipinski definition) is 3. The van der Waals surface area contributed by atoms with Crippen LogP contribution in [0.15, 0.2) is 43.1 Å². The third-order valence-corrected chi connectivity index (χ3v) is 6.01. The van der Waals surface area contributed by atoms with Gasteiger partial charge < -0.3 is 10.6 Å². The number of unbranched alkanes of at least 4 members (excludes halogenated alkanes) is 4. The van der Waals surface area contributed by atoms with Gasteiger partial charge in [-0.25, -0.2) is 0 Å². The summed E-state index contributed by atoms with van der Waals surface area (Å²) in [6.07, 6.45) is 13.2. The molecule has 0 saturated carbocycles. The van der Waals surface area contributed by atoms with Crippen LogP contribution in [0.2, 0.25) is 0 Å². The molecule has 0 amide bonds. The summed E-state index contributed by atoms with van der Waals surface area (Å²) in [6, 6.07) is 7.59. The van der Waals surface area contributed by atoms with Crippen molar-refractivity contribution in [2.45, 2.75) is 70.4 Å². The highest BCUT2D eigenvalue weighted by Gasteiger charge is 2.24. The molecule has 28 heavy (non-hydrogen) atoms. The summed E-state index contributed by atoms with van der Waals surface area (Å²) in [5.41, 5.74) is 5.68. The fraction of sp³-hybridized carbons (Fsp3) is 0.600. The minimum atomic E-state index is 0.386. The van der Waals surface area contributed by atoms with Gasteiger partial charge in [0.2, 0.25) is 0 Å². The van der Waals surface area contributed by atoms with Crippen LogP contribution >= 0.6 is 0 Å². The molecule has 0 saturated heterocycles. The van der Waals surface area contributed by atoms with Gasteiger partial charge in [-0.1, -0.05) is 50.1 Å². The molecule has 3 nitrogen and oxygen atoms in total. The summed E-state index contributed by atoms with van der Waals surface area (Å²) in [7, 11) is 4.02. The van der Waals surface area contributed by atoms with Gasteiger partial charge in [0.15, 0.2) is 0 Å². The predicted octanol–water partition coefficient (Wildman–Crippen LogP) is 4.83. The van der Waals surface area contributed by atoms with Gasteiger partial charge in [0.05, 0.1) is 0 Å². The first-order valence-electron chi connectivity index (χ1n) is 11.2. The molecule has 1 aliphatic rings. The van der Waals surface area contributed by atoms with Crippen molar-refractivity contribution in [3.8, 4) is 0 Å². The average Bonchev–Trinajstić information content (AvgIpc) is 2.72. The lowest BCUT2D eigenvalue weighted by Gasteiger charge is -2.36. The molecular formula is C25H41N3. The Morgan fingerprint density at radius 3 is 2.68 bits per heavy atom. The molecule has 1 heterocycles. The Kier molecular flexibility index (Phi) is 10.4. The molecule has 0 aromatic heterocycles.